The second kappa shape index (κ2) is 4.99. The highest BCUT2D eigenvalue weighted by Crippen LogP contribution is 2.20. The number of rotatable bonds is 3. The van der Waals surface area contributed by atoms with E-state index in [0.717, 1.165) is 5.56 Å². The van der Waals surface area contributed by atoms with Gasteiger partial charge in [0.2, 0.25) is 5.91 Å². The first-order chi connectivity index (χ1) is 7.41. The van der Waals surface area contributed by atoms with E-state index in [1.807, 2.05) is 20.8 Å². The van der Waals surface area contributed by atoms with Gasteiger partial charge < -0.3 is 16.2 Å². The molecule has 88 valence electrons. The van der Waals surface area contributed by atoms with Gasteiger partial charge in [0.1, 0.15) is 5.75 Å². The summed E-state index contributed by atoms with van der Waals surface area (Å²) in [5.74, 6) is 0.0740. The molecule has 1 rings (SSSR count). The molecule has 1 amide bonds. The van der Waals surface area contributed by atoms with Gasteiger partial charge >= 0.3 is 0 Å². The lowest BCUT2D eigenvalue weighted by molar-refractivity contribution is -0.118. The van der Waals surface area contributed by atoms with Gasteiger partial charge in [-0.05, 0) is 36.6 Å². The number of nitrogens with two attached hydrogens (primary N) is 1. The zero-order valence-corrected chi connectivity index (χ0v) is 9.82. The predicted octanol–water partition coefficient (Wildman–Crippen LogP) is 1.62. The molecule has 4 heteroatoms. The van der Waals surface area contributed by atoms with Gasteiger partial charge in [0, 0.05) is 5.69 Å². The minimum Gasteiger partial charge on any atom is -0.508 e. The van der Waals surface area contributed by atoms with Crippen LogP contribution in [0.2, 0.25) is 0 Å². The summed E-state index contributed by atoms with van der Waals surface area (Å²) in [5.41, 5.74) is 7.22. The highest BCUT2D eigenvalue weighted by atomic mass is 16.3. The van der Waals surface area contributed by atoms with Crippen molar-refractivity contribution in [1.82, 2.24) is 0 Å². The molecule has 0 spiro atoms. The molecule has 0 aliphatic carbocycles. The van der Waals surface area contributed by atoms with Crippen LogP contribution in [-0.4, -0.2) is 17.1 Å². The van der Waals surface area contributed by atoms with E-state index in [1.54, 1.807) is 12.1 Å². The molecule has 0 saturated carbocycles. The van der Waals surface area contributed by atoms with Crippen molar-refractivity contribution in [3.63, 3.8) is 0 Å². The summed E-state index contributed by atoms with van der Waals surface area (Å²) in [5, 5.41) is 12.0. The highest BCUT2D eigenvalue weighted by Gasteiger charge is 2.17. The maximum Gasteiger partial charge on any atom is 0.241 e. The SMILES string of the molecule is Cc1cc(O)ccc1NC(=O)C(N)C(C)C. The topological polar surface area (TPSA) is 75.3 Å². The lowest BCUT2D eigenvalue weighted by atomic mass is 10.0. The number of carbonyl (C=O) groups is 1. The third kappa shape index (κ3) is 2.97. The number of hydrogen-bond donors (Lipinski definition) is 3. The average Bonchev–Trinajstić information content (AvgIpc) is 2.20. The molecule has 1 unspecified atom stereocenters. The van der Waals surface area contributed by atoms with Crippen LogP contribution in [0.4, 0.5) is 5.69 Å². The van der Waals surface area contributed by atoms with Crippen LogP contribution in [0, 0.1) is 12.8 Å². The molecule has 4 N–H and O–H groups in total. The van der Waals surface area contributed by atoms with Crippen LogP contribution >= 0.6 is 0 Å². The molecule has 0 fully saturated rings. The lowest BCUT2D eigenvalue weighted by Crippen LogP contribution is -2.39. The fourth-order valence-electron chi connectivity index (χ4n) is 1.31. The van der Waals surface area contributed by atoms with Crippen molar-refractivity contribution in [2.75, 3.05) is 5.32 Å². The number of aromatic hydroxyl groups is 1. The first-order valence-electron chi connectivity index (χ1n) is 5.28. The van der Waals surface area contributed by atoms with E-state index in [9.17, 15) is 9.90 Å². The van der Waals surface area contributed by atoms with E-state index in [2.05, 4.69) is 5.32 Å². The normalized spacial score (nSPS) is 12.6. The fourth-order valence-corrected chi connectivity index (χ4v) is 1.31. The van der Waals surface area contributed by atoms with Crippen molar-refractivity contribution >= 4 is 11.6 Å². The number of amides is 1. The monoisotopic (exact) mass is 222 g/mol. The fraction of sp³-hybridized carbons (Fsp3) is 0.417. The second-order valence-corrected chi connectivity index (χ2v) is 4.26. The Morgan fingerprint density at radius 3 is 2.56 bits per heavy atom. The first-order valence-corrected chi connectivity index (χ1v) is 5.28. The van der Waals surface area contributed by atoms with Crippen LogP contribution in [0.25, 0.3) is 0 Å². The summed E-state index contributed by atoms with van der Waals surface area (Å²) in [4.78, 5) is 11.7. The Bertz CT molecular complexity index is 389. The maximum atomic E-state index is 11.7. The molecule has 0 bridgehead atoms. The minimum absolute atomic E-state index is 0.0948. The number of phenolic OH excluding ortho intramolecular Hbond substituents is 1. The number of hydrogen-bond acceptors (Lipinski definition) is 3. The first kappa shape index (κ1) is 12.5. The van der Waals surface area contributed by atoms with Crippen LogP contribution in [0.1, 0.15) is 19.4 Å². The number of anilines is 1. The van der Waals surface area contributed by atoms with Crippen molar-refractivity contribution in [3.05, 3.63) is 23.8 Å². The predicted molar refractivity (Wildman–Crippen MR) is 64.3 cm³/mol. The van der Waals surface area contributed by atoms with Crippen molar-refractivity contribution in [1.29, 1.82) is 0 Å². The Morgan fingerprint density at radius 2 is 2.06 bits per heavy atom. The van der Waals surface area contributed by atoms with Crippen molar-refractivity contribution in [2.45, 2.75) is 26.8 Å². The highest BCUT2D eigenvalue weighted by molar-refractivity contribution is 5.95. The molecule has 1 atom stereocenters. The van der Waals surface area contributed by atoms with Gasteiger partial charge in [0.25, 0.3) is 0 Å². The minimum atomic E-state index is -0.520. The molecule has 0 radical (unpaired) electrons. The number of benzene rings is 1. The Morgan fingerprint density at radius 1 is 1.44 bits per heavy atom. The van der Waals surface area contributed by atoms with Gasteiger partial charge in [-0.2, -0.15) is 0 Å². The average molecular weight is 222 g/mol. The molecule has 0 aliphatic rings. The van der Waals surface area contributed by atoms with Crippen LogP contribution < -0.4 is 11.1 Å². The maximum absolute atomic E-state index is 11.7. The van der Waals surface area contributed by atoms with E-state index in [4.69, 9.17) is 5.73 Å². The molecular weight excluding hydrogens is 204 g/mol. The van der Waals surface area contributed by atoms with Crippen molar-refractivity contribution in [3.8, 4) is 5.75 Å². The van der Waals surface area contributed by atoms with Crippen molar-refractivity contribution < 1.29 is 9.90 Å². The van der Waals surface area contributed by atoms with Gasteiger partial charge in [-0.1, -0.05) is 13.8 Å². The third-order valence-corrected chi connectivity index (χ3v) is 2.49. The van der Waals surface area contributed by atoms with E-state index in [0.29, 0.717) is 5.69 Å². The Hall–Kier alpha value is -1.55. The summed E-state index contributed by atoms with van der Waals surface area (Å²) in [6.45, 7) is 5.61. The molecule has 0 aliphatic heterocycles. The molecule has 16 heavy (non-hydrogen) atoms. The summed E-state index contributed by atoms with van der Waals surface area (Å²) in [6.07, 6.45) is 0. The Kier molecular flexibility index (Phi) is 3.90. The van der Waals surface area contributed by atoms with Gasteiger partial charge in [-0.3, -0.25) is 4.79 Å². The van der Waals surface area contributed by atoms with Crippen LogP contribution in [0.5, 0.6) is 5.75 Å². The van der Waals surface area contributed by atoms with Gasteiger partial charge in [0.05, 0.1) is 6.04 Å². The molecule has 0 aromatic heterocycles. The third-order valence-electron chi connectivity index (χ3n) is 2.49. The van der Waals surface area contributed by atoms with Gasteiger partial charge in [-0.15, -0.1) is 0 Å². The molecule has 1 aromatic carbocycles. The zero-order chi connectivity index (χ0) is 12.3. The number of nitrogens with one attached hydrogen (secondary N) is 1. The second-order valence-electron chi connectivity index (χ2n) is 4.26. The molecule has 4 nitrogen and oxygen atoms in total. The zero-order valence-electron chi connectivity index (χ0n) is 9.82. The summed E-state index contributed by atoms with van der Waals surface area (Å²) in [7, 11) is 0. The van der Waals surface area contributed by atoms with E-state index in [1.165, 1.54) is 6.07 Å². The summed E-state index contributed by atoms with van der Waals surface area (Å²) < 4.78 is 0. The Balaban J connectivity index is 2.77. The van der Waals surface area contributed by atoms with E-state index in [-0.39, 0.29) is 17.6 Å². The molecule has 0 saturated heterocycles. The van der Waals surface area contributed by atoms with Gasteiger partial charge in [-0.25, -0.2) is 0 Å². The Labute approximate surface area is 95.5 Å². The van der Waals surface area contributed by atoms with E-state index < -0.39 is 6.04 Å². The van der Waals surface area contributed by atoms with Crippen molar-refractivity contribution in [2.24, 2.45) is 11.7 Å². The molecule has 0 heterocycles. The smallest absolute Gasteiger partial charge is 0.241 e. The number of carbonyl (C=O) groups excluding carboxylic acids is 1. The van der Waals surface area contributed by atoms with Gasteiger partial charge in [0.15, 0.2) is 0 Å². The largest absolute Gasteiger partial charge is 0.508 e. The quantitative estimate of drug-likeness (QED) is 0.680. The standard InChI is InChI=1S/C12H18N2O2/c1-7(2)11(13)12(16)14-10-5-4-9(15)6-8(10)3/h4-7,11,15H,13H2,1-3H3,(H,14,16). The summed E-state index contributed by atoms with van der Waals surface area (Å²) in [6, 6.07) is 4.27. The lowest BCUT2D eigenvalue weighted by Gasteiger charge is -2.16. The van der Waals surface area contributed by atoms with Crippen LogP contribution in [0.15, 0.2) is 18.2 Å². The summed E-state index contributed by atoms with van der Waals surface area (Å²) >= 11 is 0. The number of aryl methyl sites for hydroxylation is 1. The van der Waals surface area contributed by atoms with Crippen LogP contribution in [-0.2, 0) is 4.79 Å². The number of phenols is 1. The molecular formula is C12H18N2O2. The molecule has 1 aromatic rings. The van der Waals surface area contributed by atoms with E-state index >= 15 is 0 Å². The van der Waals surface area contributed by atoms with Crippen LogP contribution in [0.3, 0.4) is 0 Å².